The minimum atomic E-state index is -0.727. The van der Waals surface area contributed by atoms with Crippen LogP contribution in [0.5, 0.6) is 0 Å². The summed E-state index contributed by atoms with van der Waals surface area (Å²) in [4.78, 5) is 23.3. The third kappa shape index (κ3) is 2.80. The molecule has 108 valence electrons. The van der Waals surface area contributed by atoms with E-state index in [4.69, 9.17) is 5.73 Å². The minimum Gasteiger partial charge on any atom is -0.366 e. The normalized spacial score (nSPS) is 21.8. The first-order valence-electron chi connectivity index (χ1n) is 6.54. The Labute approximate surface area is 116 Å². The fourth-order valence-electron chi connectivity index (χ4n) is 2.39. The maximum absolute atomic E-state index is 13.7. The third-order valence-corrected chi connectivity index (χ3v) is 3.75. The second-order valence-electron chi connectivity index (χ2n) is 5.12. The molecule has 1 aromatic rings. The molecule has 0 spiro atoms. The number of carbonyl (C=O) groups excluding carboxylic acids is 2. The molecule has 20 heavy (non-hydrogen) atoms. The van der Waals surface area contributed by atoms with Gasteiger partial charge in [-0.25, -0.2) is 4.39 Å². The van der Waals surface area contributed by atoms with Crippen LogP contribution in [0.2, 0.25) is 0 Å². The Balaban J connectivity index is 2.24. The first kappa shape index (κ1) is 14.5. The Bertz CT molecular complexity index is 560. The zero-order chi connectivity index (χ0) is 14.9. The zero-order valence-electron chi connectivity index (χ0n) is 11.5. The third-order valence-electron chi connectivity index (χ3n) is 3.75. The molecule has 5 nitrogen and oxygen atoms in total. The quantitative estimate of drug-likeness (QED) is 0.776. The van der Waals surface area contributed by atoms with Gasteiger partial charge in [0.2, 0.25) is 11.8 Å². The minimum absolute atomic E-state index is 0.0426. The smallest absolute Gasteiger partial charge is 0.248 e. The van der Waals surface area contributed by atoms with Gasteiger partial charge in [-0.15, -0.1) is 0 Å². The molecule has 2 amide bonds. The number of primary amides is 1. The van der Waals surface area contributed by atoms with E-state index in [1.165, 1.54) is 6.07 Å². The summed E-state index contributed by atoms with van der Waals surface area (Å²) in [6.07, 6.45) is 0.740. The number of halogens is 1. The molecule has 0 aromatic heterocycles. The van der Waals surface area contributed by atoms with Crippen molar-refractivity contribution in [2.45, 2.75) is 26.3 Å². The second kappa shape index (κ2) is 5.58. The van der Waals surface area contributed by atoms with Crippen LogP contribution in [0.1, 0.15) is 29.3 Å². The summed E-state index contributed by atoms with van der Waals surface area (Å²) in [6, 6.07) is 2.57. The zero-order valence-corrected chi connectivity index (χ0v) is 11.5. The molecule has 1 fully saturated rings. The highest BCUT2D eigenvalue weighted by atomic mass is 19.1. The number of rotatable bonds is 3. The van der Waals surface area contributed by atoms with Crippen molar-refractivity contribution in [3.05, 3.63) is 29.1 Å². The van der Waals surface area contributed by atoms with Crippen LogP contribution >= 0.6 is 0 Å². The van der Waals surface area contributed by atoms with Gasteiger partial charge in [-0.3, -0.25) is 9.59 Å². The lowest BCUT2D eigenvalue weighted by atomic mass is 10.0. The fraction of sp³-hybridized carbons (Fsp3) is 0.429. The maximum Gasteiger partial charge on any atom is 0.248 e. The molecular formula is C14H18FN3O2. The van der Waals surface area contributed by atoms with Crippen molar-refractivity contribution in [1.29, 1.82) is 0 Å². The predicted octanol–water partition coefficient (Wildman–Crippen LogP) is 1.17. The maximum atomic E-state index is 13.7. The van der Waals surface area contributed by atoms with Gasteiger partial charge in [0, 0.05) is 22.9 Å². The van der Waals surface area contributed by atoms with Gasteiger partial charge < -0.3 is 16.4 Å². The van der Waals surface area contributed by atoms with Crippen LogP contribution in [-0.2, 0) is 4.79 Å². The molecular weight excluding hydrogens is 261 g/mol. The number of hydrogen-bond acceptors (Lipinski definition) is 3. The van der Waals surface area contributed by atoms with Crippen molar-refractivity contribution in [1.82, 2.24) is 5.32 Å². The summed E-state index contributed by atoms with van der Waals surface area (Å²) in [7, 11) is 0. The highest BCUT2D eigenvalue weighted by Gasteiger charge is 2.29. The monoisotopic (exact) mass is 279 g/mol. The van der Waals surface area contributed by atoms with E-state index in [0.29, 0.717) is 11.3 Å². The van der Waals surface area contributed by atoms with Gasteiger partial charge in [0.1, 0.15) is 5.82 Å². The van der Waals surface area contributed by atoms with Gasteiger partial charge in [-0.1, -0.05) is 0 Å². The van der Waals surface area contributed by atoms with E-state index < -0.39 is 11.7 Å². The van der Waals surface area contributed by atoms with Crippen molar-refractivity contribution >= 4 is 17.5 Å². The number of amides is 2. The Morgan fingerprint density at radius 1 is 1.45 bits per heavy atom. The highest BCUT2D eigenvalue weighted by Crippen LogP contribution is 2.23. The lowest BCUT2D eigenvalue weighted by Crippen LogP contribution is -2.32. The molecule has 1 aromatic carbocycles. The van der Waals surface area contributed by atoms with Crippen molar-refractivity contribution in [2.24, 2.45) is 11.7 Å². The number of anilines is 1. The lowest BCUT2D eigenvalue weighted by molar-refractivity contribution is -0.120. The van der Waals surface area contributed by atoms with E-state index in [0.717, 1.165) is 19.0 Å². The van der Waals surface area contributed by atoms with Crippen molar-refractivity contribution in [3.8, 4) is 0 Å². The Hall–Kier alpha value is -1.95. The number of nitrogens with two attached hydrogens (primary N) is 1. The van der Waals surface area contributed by atoms with Crippen molar-refractivity contribution in [2.75, 3.05) is 11.9 Å². The van der Waals surface area contributed by atoms with Crippen LogP contribution in [0.15, 0.2) is 12.1 Å². The molecule has 4 N–H and O–H groups in total. The van der Waals surface area contributed by atoms with Gasteiger partial charge in [0.05, 0.1) is 5.92 Å². The van der Waals surface area contributed by atoms with Crippen LogP contribution in [-0.4, -0.2) is 24.4 Å². The molecule has 1 saturated heterocycles. The standard InChI is InChI=1S/C14H18FN3O2/c1-7-11(15)5-9(13(16)19)6-12(7)18-14(20)10-3-4-17-8(10)2/h5-6,8,10,17H,3-4H2,1-2H3,(H2,16,19)(H,18,20). The Kier molecular flexibility index (Phi) is 4.04. The number of nitrogens with one attached hydrogen (secondary N) is 2. The van der Waals surface area contributed by atoms with Crippen LogP contribution in [0.25, 0.3) is 0 Å². The molecule has 1 aliphatic rings. The summed E-state index contributed by atoms with van der Waals surface area (Å²) in [5, 5.41) is 5.87. The van der Waals surface area contributed by atoms with E-state index in [1.807, 2.05) is 6.92 Å². The van der Waals surface area contributed by atoms with Gasteiger partial charge in [0.25, 0.3) is 0 Å². The van der Waals surface area contributed by atoms with Crippen molar-refractivity contribution in [3.63, 3.8) is 0 Å². The number of benzene rings is 1. The average Bonchev–Trinajstić information content (AvgIpc) is 2.80. The summed E-state index contributed by atoms with van der Waals surface area (Å²) in [5.41, 5.74) is 5.78. The highest BCUT2D eigenvalue weighted by molar-refractivity contribution is 5.98. The molecule has 0 bridgehead atoms. The molecule has 2 rings (SSSR count). The van der Waals surface area contributed by atoms with E-state index >= 15 is 0 Å². The second-order valence-corrected chi connectivity index (χ2v) is 5.12. The molecule has 1 heterocycles. The van der Waals surface area contributed by atoms with Gasteiger partial charge in [-0.05, 0) is 38.9 Å². The van der Waals surface area contributed by atoms with E-state index in [9.17, 15) is 14.0 Å². The SMILES string of the molecule is Cc1c(F)cc(C(N)=O)cc1NC(=O)C1CCNC1C. The number of hydrogen-bond donors (Lipinski definition) is 3. The van der Waals surface area contributed by atoms with Crippen LogP contribution in [0.3, 0.4) is 0 Å². The molecule has 0 saturated carbocycles. The summed E-state index contributed by atoms with van der Waals surface area (Å²) < 4.78 is 13.7. The van der Waals surface area contributed by atoms with Gasteiger partial charge in [0.15, 0.2) is 0 Å². The van der Waals surface area contributed by atoms with Gasteiger partial charge >= 0.3 is 0 Å². The van der Waals surface area contributed by atoms with Gasteiger partial charge in [-0.2, -0.15) is 0 Å². The number of carbonyl (C=O) groups is 2. The summed E-state index contributed by atoms with van der Waals surface area (Å²) >= 11 is 0. The Morgan fingerprint density at radius 3 is 2.70 bits per heavy atom. The van der Waals surface area contributed by atoms with Crippen molar-refractivity contribution < 1.29 is 14.0 Å². The topological polar surface area (TPSA) is 84.2 Å². The van der Waals surface area contributed by atoms with Crippen LogP contribution in [0.4, 0.5) is 10.1 Å². The molecule has 0 aliphatic carbocycles. The lowest BCUT2D eigenvalue weighted by Gasteiger charge is -2.16. The average molecular weight is 279 g/mol. The van der Waals surface area contributed by atoms with Crippen LogP contribution < -0.4 is 16.4 Å². The van der Waals surface area contributed by atoms with E-state index in [1.54, 1.807) is 6.92 Å². The van der Waals surface area contributed by atoms with Crippen LogP contribution in [0, 0.1) is 18.7 Å². The first-order chi connectivity index (χ1) is 9.40. The molecule has 6 heteroatoms. The molecule has 2 atom stereocenters. The molecule has 1 aliphatic heterocycles. The Morgan fingerprint density at radius 2 is 2.15 bits per heavy atom. The predicted molar refractivity (Wildman–Crippen MR) is 73.9 cm³/mol. The fourth-order valence-corrected chi connectivity index (χ4v) is 2.39. The molecule has 2 unspecified atom stereocenters. The summed E-state index contributed by atoms with van der Waals surface area (Å²) in [5.74, 6) is -1.62. The van der Waals surface area contributed by atoms with E-state index in [2.05, 4.69) is 10.6 Å². The molecule has 0 radical (unpaired) electrons. The summed E-state index contributed by atoms with van der Waals surface area (Å²) in [6.45, 7) is 4.27. The largest absolute Gasteiger partial charge is 0.366 e. The van der Waals surface area contributed by atoms with E-state index in [-0.39, 0.29) is 23.4 Å². The first-order valence-corrected chi connectivity index (χ1v) is 6.54.